The number of aryl methyl sites for hydroxylation is 1. The molecule has 2 heterocycles. The van der Waals surface area contributed by atoms with Crippen LogP contribution in [0.5, 0.6) is 0 Å². The van der Waals surface area contributed by atoms with Crippen LogP contribution in [0.3, 0.4) is 0 Å². The normalized spacial score (nSPS) is 18.1. The highest BCUT2D eigenvalue weighted by atomic mass is 16.6. The molecule has 1 aliphatic heterocycles. The van der Waals surface area contributed by atoms with Crippen LogP contribution in [0.2, 0.25) is 0 Å². The van der Waals surface area contributed by atoms with Gasteiger partial charge in [-0.1, -0.05) is 0 Å². The standard InChI is InChI=1S/C16H19N5O2/c1-12-9-14(3-4-15(12)21(22)23)19-7-8-20(13(2)11-19)16-10-17-5-6-18-16/h3-6,9-10,13H,7-8,11H2,1-2H3. The third kappa shape index (κ3) is 3.08. The maximum absolute atomic E-state index is 10.9. The summed E-state index contributed by atoms with van der Waals surface area (Å²) in [7, 11) is 0. The Morgan fingerprint density at radius 2 is 2.13 bits per heavy atom. The third-order valence-electron chi connectivity index (χ3n) is 4.21. The van der Waals surface area contributed by atoms with Crippen molar-refractivity contribution in [2.45, 2.75) is 19.9 Å². The molecule has 2 aromatic rings. The van der Waals surface area contributed by atoms with Crippen molar-refractivity contribution in [1.29, 1.82) is 0 Å². The molecule has 0 saturated carbocycles. The fourth-order valence-electron chi connectivity index (χ4n) is 3.01. The van der Waals surface area contributed by atoms with E-state index < -0.39 is 0 Å². The van der Waals surface area contributed by atoms with Crippen molar-refractivity contribution in [1.82, 2.24) is 9.97 Å². The molecule has 1 atom stereocenters. The molecular formula is C16H19N5O2. The number of anilines is 2. The van der Waals surface area contributed by atoms with E-state index in [4.69, 9.17) is 0 Å². The van der Waals surface area contributed by atoms with E-state index in [0.717, 1.165) is 31.1 Å². The monoisotopic (exact) mass is 313 g/mol. The minimum atomic E-state index is -0.340. The van der Waals surface area contributed by atoms with E-state index in [9.17, 15) is 10.1 Å². The average Bonchev–Trinajstić information content (AvgIpc) is 2.55. The van der Waals surface area contributed by atoms with E-state index in [1.165, 1.54) is 0 Å². The Kier molecular flexibility index (Phi) is 4.10. The van der Waals surface area contributed by atoms with Gasteiger partial charge in [0.15, 0.2) is 0 Å². The van der Waals surface area contributed by atoms with Crippen LogP contribution < -0.4 is 9.80 Å². The summed E-state index contributed by atoms with van der Waals surface area (Å²) in [6, 6.07) is 5.60. The van der Waals surface area contributed by atoms with E-state index in [1.54, 1.807) is 31.6 Å². The first-order chi connectivity index (χ1) is 11.1. The summed E-state index contributed by atoms with van der Waals surface area (Å²) in [6.07, 6.45) is 5.15. The highest BCUT2D eigenvalue weighted by Crippen LogP contribution is 2.27. The smallest absolute Gasteiger partial charge is 0.272 e. The van der Waals surface area contributed by atoms with Crippen LogP contribution in [-0.4, -0.2) is 40.6 Å². The number of aromatic nitrogens is 2. The molecule has 1 saturated heterocycles. The van der Waals surface area contributed by atoms with Crippen LogP contribution in [-0.2, 0) is 0 Å². The van der Waals surface area contributed by atoms with Crippen LogP contribution in [0.25, 0.3) is 0 Å². The number of hydrogen-bond acceptors (Lipinski definition) is 6. The van der Waals surface area contributed by atoms with Crippen LogP contribution in [0.1, 0.15) is 12.5 Å². The topological polar surface area (TPSA) is 75.4 Å². The number of nitro groups is 1. The van der Waals surface area contributed by atoms with E-state index in [1.807, 2.05) is 12.1 Å². The second-order valence-corrected chi connectivity index (χ2v) is 5.78. The first kappa shape index (κ1) is 15.2. The molecule has 0 amide bonds. The van der Waals surface area contributed by atoms with Crippen molar-refractivity contribution in [2.75, 3.05) is 29.4 Å². The van der Waals surface area contributed by atoms with Gasteiger partial charge >= 0.3 is 0 Å². The van der Waals surface area contributed by atoms with E-state index >= 15 is 0 Å². The van der Waals surface area contributed by atoms with Gasteiger partial charge in [0, 0.05) is 55.4 Å². The predicted octanol–water partition coefficient (Wildman–Crippen LogP) is 2.41. The summed E-state index contributed by atoms with van der Waals surface area (Å²) in [6.45, 7) is 6.46. The van der Waals surface area contributed by atoms with Crippen molar-refractivity contribution >= 4 is 17.2 Å². The summed E-state index contributed by atoms with van der Waals surface area (Å²) in [5.74, 6) is 0.888. The molecule has 1 aromatic carbocycles. The van der Waals surface area contributed by atoms with E-state index in [2.05, 4.69) is 26.7 Å². The number of benzene rings is 1. The molecule has 1 aromatic heterocycles. The lowest BCUT2D eigenvalue weighted by Gasteiger charge is -2.41. The molecule has 0 aliphatic carbocycles. The number of hydrogen-bond donors (Lipinski definition) is 0. The molecule has 0 spiro atoms. The van der Waals surface area contributed by atoms with Crippen LogP contribution in [0.4, 0.5) is 17.2 Å². The molecule has 7 heteroatoms. The minimum absolute atomic E-state index is 0.167. The molecule has 120 valence electrons. The number of piperazine rings is 1. The zero-order valence-corrected chi connectivity index (χ0v) is 13.2. The SMILES string of the molecule is Cc1cc(N2CCN(c3cnccn3)C(C)C2)ccc1[N+](=O)[O-]. The lowest BCUT2D eigenvalue weighted by molar-refractivity contribution is -0.385. The quantitative estimate of drug-likeness (QED) is 0.640. The van der Waals surface area contributed by atoms with Gasteiger partial charge in [-0.05, 0) is 26.0 Å². The molecule has 0 bridgehead atoms. The van der Waals surface area contributed by atoms with E-state index in [-0.39, 0.29) is 16.7 Å². The molecule has 3 rings (SSSR count). The molecule has 23 heavy (non-hydrogen) atoms. The van der Waals surface area contributed by atoms with Crippen LogP contribution in [0.15, 0.2) is 36.8 Å². The molecular weight excluding hydrogens is 294 g/mol. The average molecular weight is 313 g/mol. The number of nitro benzene ring substituents is 1. The van der Waals surface area contributed by atoms with Gasteiger partial charge in [-0.3, -0.25) is 15.1 Å². The molecule has 1 unspecified atom stereocenters. The Hall–Kier alpha value is -2.70. The van der Waals surface area contributed by atoms with Gasteiger partial charge in [0.1, 0.15) is 5.82 Å². The van der Waals surface area contributed by atoms with Crippen molar-refractivity contribution < 1.29 is 4.92 Å². The zero-order valence-electron chi connectivity index (χ0n) is 13.2. The largest absolute Gasteiger partial charge is 0.368 e. The first-order valence-electron chi connectivity index (χ1n) is 7.59. The van der Waals surface area contributed by atoms with Gasteiger partial charge in [-0.2, -0.15) is 0 Å². The summed E-state index contributed by atoms with van der Waals surface area (Å²) >= 11 is 0. The first-order valence-corrected chi connectivity index (χ1v) is 7.59. The highest BCUT2D eigenvalue weighted by molar-refractivity contribution is 5.56. The van der Waals surface area contributed by atoms with Crippen molar-refractivity contribution in [3.63, 3.8) is 0 Å². The zero-order chi connectivity index (χ0) is 16.4. The second-order valence-electron chi connectivity index (χ2n) is 5.78. The van der Waals surface area contributed by atoms with Crippen molar-refractivity contribution in [2.24, 2.45) is 0 Å². The number of nitrogens with zero attached hydrogens (tertiary/aromatic N) is 5. The lowest BCUT2D eigenvalue weighted by atomic mass is 10.1. The third-order valence-corrected chi connectivity index (χ3v) is 4.21. The van der Waals surface area contributed by atoms with Crippen LogP contribution >= 0.6 is 0 Å². The predicted molar refractivity (Wildman–Crippen MR) is 88.9 cm³/mol. The highest BCUT2D eigenvalue weighted by Gasteiger charge is 2.25. The van der Waals surface area contributed by atoms with Gasteiger partial charge < -0.3 is 9.80 Å². The fourth-order valence-corrected chi connectivity index (χ4v) is 3.01. The Morgan fingerprint density at radius 1 is 1.30 bits per heavy atom. The van der Waals surface area contributed by atoms with Gasteiger partial charge in [-0.15, -0.1) is 0 Å². The van der Waals surface area contributed by atoms with Gasteiger partial charge in [-0.25, -0.2) is 4.98 Å². The minimum Gasteiger partial charge on any atom is -0.368 e. The fraction of sp³-hybridized carbons (Fsp3) is 0.375. The molecule has 0 radical (unpaired) electrons. The van der Waals surface area contributed by atoms with Gasteiger partial charge in [0.2, 0.25) is 0 Å². The van der Waals surface area contributed by atoms with Crippen molar-refractivity contribution in [3.05, 3.63) is 52.5 Å². The summed E-state index contributed by atoms with van der Waals surface area (Å²) in [5, 5.41) is 10.9. The lowest BCUT2D eigenvalue weighted by Crippen LogP contribution is -2.52. The molecule has 0 N–H and O–H groups in total. The molecule has 1 aliphatic rings. The Balaban J connectivity index is 1.75. The maximum atomic E-state index is 10.9. The van der Waals surface area contributed by atoms with E-state index in [0.29, 0.717) is 5.56 Å². The summed E-state index contributed by atoms with van der Waals surface area (Å²) in [5.41, 5.74) is 1.88. The van der Waals surface area contributed by atoms with Gasteiger partial charge in [0.25, 0.3) is 5.69 Å². The molecule has 7 nitrogen and oxygen atoms in total. The molecule has 1 fully saturated rings. The van der Waals surface area contributed by atoms with Crippen LogP contribution in [0, 0.1) is 17.0 Å². The maximum Gasteiger partial charge on any atom is 0.272 e. The summed E-state index contributed by atoms with van der Waals surface area (Å²) in [4.78, 5) is 23.6. The Morgan fingerprint density at radius 3 is 2.74 bits per heavy atom. The second kappa shape index (κ2) is 6.20. The Bertz CT molecular complexity index is 707. The summed E-state index contributed by atoms with van der Waals surface area (Å²) < 4.78 is 0. The Labute approximate surface area is 134 Å². The van der Waals surface area contributed by atoms with Crippen molar-refractivity contribution in [3.8, 4) is 0 Å². The number of rotatable bonds is 3. The van der Waals surface area contributed by atoms with Gasteiger partial charge in [0.05, 0.1) is 11.1 Å².